The van der Waals surface area contributed by atoms with Crippen LogP contribution in [0.25, 0.3) is 0 Å². The number of nitrogens with zero attached hydrogens (tertiary/aromatic N) is 4. The maximum absolute atomic E-state index is 5.42. The fourth-order valence-corrected chi connectivity index (χ4v) is 3.84. The second-order valence-electron chi connectivity index (χ2n) is 7.95. The summed E-state index contributed by atoms with van der Waals surface area (Å²) < 4.78 is 7.67. The van der Waals surface area contributed by atoms with Crippen LogP contribution in [0.4, 0.5) is 0 Å². The van der Waals surface area contributed by atoms with Crippen molar-refractivity contribution in [3.8, 4) is 5.75 Å². The van der Waals surface area contributed by atoms with Gasteiger partial charge in [0.2, 0.25) is 0 Å². The lowest BCUT2D eigenvalue weighted by Crippen LogP contribution is -2.38. The van der Waals surface area contributed by atoms with Crippen LogP contribution in [0, 0.1) is 12.8 Å². The van der Waals surface area contributed by atoms with Gasteiger partial charge in [-0.2, -0.15) is 0 Å². The number of halogens is 1. The minimum Gasteiger partial charge on any atom is -0.496 e. The van der Waals surface area contributed by atoms with Gasteiger partial charge < -0.3 is 19.9 Å². The van der Waals surface area contributed by atoms with E-state index in [0.717, 1.165) is 73.7 Å². The highest BCUT2D eigenvalue weighted by atomic mass is 127. The van der Waals surface area contributed by atoms with Crippen LogP contribution in [0.15, 0.2) is 28.3 Å². The van der Waals surface area contributed by atoms with Gasteiger partial charge in [-0.1, -0.05) is 37.7 Å². The Hall–Kier alpha value is -1.49. The Morgan fingerprint density at radius 2 is 2.00 bits per heavy atom. The molecule has 0 unspecified atom stereocenters. The summed E-state index contributed by atoms with van der Waals surface area (Å²) in [5, 5.41) is 16.5. The number of hydrogen-bond acceptors (Lipinski definition) is 5. The average Bonchev–Trinajstić information content (AvgIpc) is 3.13. The largest absolute Gasteiger partial charge is 0.496 e. The predicted molar refractivity (Wildman–Crippen MR) is 146 cm³/mol. The van der Waals surface area contributed by atoms with Crippen molar-refractivity contribution < 1.29 is 4.74 Å². The highest BCUT2D eigenvalue weighted by Crippen LogP contribution is 2.19. The van der Waals surface area contributed by atoms with Crippen molar-refractivity contribution in [1.29, 1.82) is 0 Å². The molecule has 9 heteroatoms. The lowest BCUT2D eigenvalue weighted by molar-refractivity contribution is 0.411. The van der Waals surface area contributed by atoms with Crippen LogP contribution >= 0.6 is 35.7 Å². The summed E-state index contributed by atoms with van der Waals surface area (Å²) in [4.78, 5) is 4.73. The van der Waals surface area contributed by atoms with Crippen molar-refractivity contribution in [2.45, 2.75) is 58.7 Å². The Kier molecular flexibility index (Phi) is 13.7. The van der Waals surface area contributed by atoms with E-state index < -0.39 is 0 Å². The summed E-state index contributed by atoms with van der Waals surface area (Å²) in [5.41, 5.74) is 2.41. The highest BCUT2D eigenvalue weighted by molar-refractivity contribution is 14.0. The van der Waals surface area contributed by atoms with Gasteiger partial charge in [0.15, 0.2) is 11.1 Å². The molecule has 0 fully saturated rings. The maximum Gasteiger partial charge on any atom is 0.191 e. The first kappa shape index (κ1) is 28.5. The third-order valence-corrected chi connectivity index (χ3v) is 5.54. The lowest BCUT2D eigenvalue weighted by atomic mass is 10.1. The van der Waals surface area contributed by atoms with E-state index in [-0.39, 0.29) is 24.0 Å². The van der Waals surface area contributed by atoms with Crippen molar-refractivity contribution >= 4 is 41.7 Å². The molecule has 0 saturated carbocycles. The standard InChI is InChI=1S/C23H38N6OS.HI/c1-7-24-22(26-14-12-19-11-10-18(4)20(15-19)30-5)25-13-8-9-21-27-28-23(31-6)29(21)16-17(2)3;/h10-11,15,17H,7-9,12-14,16H2,1-6H3,(H2,24,25,26);1H. The SMILES string of the molecule is CCNC(=NCCCc1nnc(SC)n1CC(C)C)NCCc1ccc(C)c(OC)c1.I. The van der Waals surface area contributed by atoms with Crippen LogP contribution in [-0.4, -0.2) is 53.7 Å². The number of guanidine groups is 1. The van der Waals surface area contributed by atoms with Crippen LogP contribution in [0.5, 0.6) is 5.75 Å². The summed E-state index contributed by atoms with van der Waals surface area (Å²) in [7, 11) is 1.72. The number of aryl methyl sites for hydroxylation is 2. The topological polar surface area (TPSA) is 76.4 Å². The van der Waals surface area contributed by atoms with Crippen molar-refractivity contribution in [3.05, 3.63) is 35.2 Å². The average molecular weight is 575 g/mol. The molecule has 7 nitrogen and oxygen atoms in total. The number of ether oxygens (including phenoxy) is 1. The first-order valence-electron chi connectivity index (χ1n) is 11.1. The molecular weight excluding hydrogens is 535 g/mol. The molecule has 0 bridgehead atoms. The van der Waals surface area contributed by atoms with E-state index >= 15 is 0 Å². The van der Waals surface area contributed by atoms with E-state index in [4.69, 9.17) is 9.73 Å². The number of methoxy groups -OCH3 is 1. The van der Waals surface area contributed by atoms with Gasteiger partial charge in [0, 0.05) is 32.6 Å². The molecule has 32 heavy (non-hydrogen) atoms. The minimum atomic E-state index is 0. The van der Waals surface area contributed by atoms with Crippen LogP contribution < -0.4 is 15.4 Å². The molecular formula is C23H39IN6OS. The summed E-state index contributed by atoms with van der Waals surface area (Å²) in [5.74, 6) is 3.42. The first-order valence-corrected chi connectivity index (χ1v) is 12.3. The Labute approximate surface area is 214 Å². The number of hydrogen-bond donors (Lipinski definition) is 2. The third-order valence-electron chi connectivity index (χ3n) is 4.87. The molecule has 1 aromatic heterocycles. The summed E-state index contributed by atoms with van der Waals surface area (Å²) >= 11 is 1.65. The van der Waals surface area contributed by atoms with E-state index in [9.17, 15) is 0 Å². The molecule has 2 aromatic rings. The molecule has 0 radical (unpaired) electrons. The van der Waals surface area contributed by atoms with Crippen LogP contribution in [-0.2, 0) is 19.4 Å². The molecule has 0 amide bonds. The number of nitrogens with one attached hydrogen (secondary N) is 2. The molecule has 2 N–H and O–H groups in total. The quantitative estimate of drug-likeness (QED) is 0.129. The maximum atomic E-state index is 5.42. The Bertz CT molecular complexity index is 840. The molecule has 0 saturated heterocycles. The Morgan fingerprint density at radius 3 is 2.66 bits per heavy atom. The van der Waals surface area contributed by atoms with E-state index in [1.165, 1.54) is 5.56 Å². The van der Waals surface area contributed by atoms with Gasteiger partial charge in [0.1, 0.15) is 11.6 Å². The molecule has 2 rings (SSSR count). The summed E-state index contributed by atoms with van der Waals surface area (Å²) in [6, 6.07) is 6.37. The number of aliphatic imine (C=N–C) groups is 1. The molecule has 1 heterocycles. The van der Waals surface area contributed by atoms with Crippen LogP contribution in [0.2, 0.25) is 0 Å². The third kappa shape index (κ3) is 9.17. The molecule has 0 spiro atoms. The normalized spacial score (nSPS) is 11.4. The predicted octanol–water partition coefficient (Wildman–Crippen LogP) is 4.32. The molecule has 1 aromatic carbocycles. The molecule has 0 aliphatic rings. The van der Waals surface area contributed by atoms with Gasteiger partial charge in [-0.3, -0.25) is 4.99 Å². The smallest absolute Gasteiger partial charge is 0.191 e. The van der Waals surface area contributed by atoms with Gasteiger partial charge in [-0.15, -0.1) is 34.2 Å². The van der Waals surface area contributed by atoms with Crippen molar-refractivity contribution in [2.24, 2.45) is 10.9 Å². The summed E-state index contributed by atoms with van der Waals surface area (Å²) in [6.07, 6.45) is 4.79. The highest BCUT2D eigenvalue weighted by Gasteiger charge is 2.12. The number of rotatable bonds is 12. The molecule has 0 atom stereocenters. The zero-order chi connectivity index (χ0) is 22.6. The zero-order valence-corrected chi connectivity index (χ0v) is 23.4. The van der Waals surface area contributed by atoms with Gasteiger partial charge in [-0.25, -0.2) is 0 Å². The lowest BCUT2D eigenvalue weighted by Gasteiger charge is -2.13. The van der Waals surface area contributed by atoms with E-state index in [1.807, 2.05) is 0 Å². The molecule has 180 valence electrons. The van der Waals surface area contributed by atoms with Crippen LogP contribution in [0.3, 0.4) is 0 Å². The molecule has 0 aliphatic carbocycles. The van der Waals surface area contributed by atoms with Crippen molar-refractivity contribution in [1.82, 2.24) is 25.4 Å². The molecule has 0 aliphatic heterocycles. The van der Waals surface area contributed by atoms with Crippen molar-refractivity contribution in [2.75, 3.05) is 33.0 Å². The van der Waals surface area contributed by atoms with Crippen molar-refractivity contribution in [3.63, 3.8) is 0 Å². The van der Waals surface area contributed by atoms with E-state index in [1.54, 1.807) is 18.9 Å². The Balaban J connectivity index is 0.00000512. The number of thioether (sulfide) groups is 1. The second kappa shape index (κ2) is 15.4. The fourth-order valence-electron chi connectivity index (χ4n) is 3.32. The first-order chi connectivity index (χ1) is 15.0. The van der Waals surface area contributed by atoms with Gasteiger partial charge in [0.25, 0.3) is 0 Å². The van der Waals surface area contributed by atoms with Gasteiger partial charge in [0.05, 0.1) is 7.11 Å². The number of aromatic nitrogens is 3. The second-order valence-corrected chi connectivity index (χ2v) is 8.73. The zero-order valence-electron chi connectivity index (χ0n) is 20.3. The van der Waals surface area contributed by atoms with Gasteiger partial charge in [-0.05, 0) is 56.1 Å². The Morgan fingerprint density at radius 1 is 1.22 bits per heavy atom. The monoisotopic (exact) mass is 574 g/mol. The summed E-state index contributed by atoms with van der Waals surface area (Å²) in [6.45, 7) is 11.9. The van der Waals surface area contributed by atoms with E-state index in [2.05, 4.69) is 77.5 Å². The number of benzene rings is 1. The fraction of sp³-hybridized carbons (Fsp3) is 0.609. The van der Waals surface area contributed by atoms with Gasteiger partial charge >= 0.3 is 0 Å². The minimum absolute atomic E-state index is 0. The van der Waals surface area contributed by atoms with Crippen LogP contribution in [0.1, 0.15) is 44.1 Å². The van der Waals surface area contributed by atoms with E-state index in [0.29, 0.717) is 5.92 Å².